The van der Waals surface area contributed by atoms with Crippen molar-refractivity contribution < 1.29 is 14.6 Å². The molecule has 2 N–H and O–H groups in total. The zero-order valence-electron chi connectivity index (χ0n) is 13.6. The topological polar surface area (TPSA) is 70.9 Å². The highest BCUT2D eigenvalue weighted by atomic mass is 35.5. The number of benzene rings is 2. The van der Waals surface area contributed by atoms with Crippen molar-refractivity contribution in [2.24, 2.45) is 5.10 Å². The highest BCUT2D eigenvalue weighted by molar-refractivity contribution is 6.35. The van der Waals surface area contributed by atoms with Gasteiger partial charge in [0.2, 0.25) is 5.91 Å². The summed E-state index contributed by atoms with van der Waals surface area (Å²) in [5.41, 5.74) is 3.56. The molecule has 0 radical (unpaired) electrons. The number of nitrogens with zero attached hydrogens (tertiary/aromatic N) is 1. The lowest BCUT2D eigenvalue weighted by atomic mass is 10.1. The molecule has 25 heavy (non-hydrogen) atoms. The van der Waals surface area contributed by atoms with Gasteiger partial charge in [-0.2, -0.15) is 5.10 Å². The average molecular weight is 381 g/mol. The van der Waals surface area contributed by atoms with E-state index in [-0.39, 0.29) is 18.1 Å². The number of amides is 1. The number of phenolic OH excluding ortho intramolecular Hbond substituents is 1. The average Bonchev–Trinajstić information content (AvgIpc) is 2.58. The first-order valence-corrected chi connectivity index (χ1v) is 8.42. The molecule has 0 saturated carbocycles. The van der Waals surface area contributed by atoms with Crippen molar-refractivity contribution in [3.05, 3.63) is 58.1 Å². The van der Waals surface area contributed by atoms with Gasteiger partial charge in [-0.05, 0) is 43.7 Å². The summed E-state index contributed by atoms with van der Waals surface area (Å²) in [4.78, 5) is 11.8. The summed E-state index contributed by atoms with van der Waals surface area (Å²) >= 11 is 11.8. The first kappa shape index (κ1) is 19.1. The van der Waals surface area contributed by atoms with Crippen molar-refractivity contribution in [3.63, 3.8) is 0 Å². The highest BCUT2D eigenvalue weighted by Gasteiger charge is 2.06. The Kier molecular flexibility index (Phi) is 7.10. The van der Waals surface area contributed by atoms with E-state index in [4.69, 9.17) is 27.9 Å². The molecule has 0 saturated heterocycles. The van der Waals surface area contributed by atoms with E-state index in [1.54, 1.807) is 49.4 Å². The molecule has 7 heteroatoms. The van der Waals surface area contributed by atoms with Gasteiger partial charge in [-0.3, -0.25) is 4.79 Å². The quantitative estimate of drug-likeness (QED) is 0.424. The van der Waals surface area contributed by atoms with Gasteiger partial charge in [0.25, 0.3) is 0 Å². The molecule has 0 aliphatic carbocycles. The maximum absolute atomic E-state index is 11.8. The van der Waals surface area contributed by atoms with Gasteiger partial charge in [0.15, 0.2) is 0 Å². The lowest BCUT2D eigenvalue weighted by Gasteiger charge is -2.08. The fourth-order valence-corrected chi connectivity index (χ4v) is 2.51. The van der Waals surface area contributed by atoms with Gasteiger partial charge in [0.1, 0.15) is 11.5 Å². The van der Waals surface area contributed by atoms with Crippen LogP contribution in [-0.4, -0.2) is 23.3 Å². The lowest BCUT2D eigenvalue weighted by molar-refractivity contribution is -0.121. The third-order valence-electron chi connectivity index (χ3n) is 3.34. The van der Waals surface area contributed by atoms with Crippen molar-refractivity contribution in [1.82, 2.24) is 5.43 Å². The number of hydrogen-bond acceptors (Lipinski definition) is 4. The van der Waals surface area contributed by atoms with Gasteiger partial charge in [-0.1, -0.05) is 35.3 Å². The largest absolute Gasteiger partial charge is 0.507 e. The van der Waals surface area contributed by atoms with Gasteiger partial charge >= 0.3 is 0 Å². The van der Waals surface area contributed by atoms with Crippen molar-refractivity contribution in [2.45, 2.75) is 19.8 Å². The number of nitrogens with one attached hydrogen (secondary N) is 1. The highest BCUT2D eigenvalue weighted by Crippen LogP contribution is 2.27. The van der Waals surface area contributed by atoms with Crippen LogP contribution >= 0.6 is 23.2 Å². The van der Waals surface area contributed by atoms with Crippen molar-refractivity contribution in [3.8, 4) is 11.5 Å². The summed E-state index contributed by atoms with van der Waals surface area (Å²) < 4.78 is 5.51. The van der Waals surface area contributed by atoms with Gasteiger partial charge < -0.3 is 9.84 Å². The predicted molar refractivity (Wildman–Crippen MR) is 99.7 cm³/mol. The monoisotopic (exact) mass is 380 g/mol. The van der Waals surface area contributed by atoms with Crippen molar-refractivity contribution >= 4 is 34.8 Å². The van der Waals surface area contributed by atoms with E-state index in [1.165, 1.54) is 0 Å². The van der Waals surface area contributed by atoms with Crippen LogP contribution in [0, 0.1) is 0 Å². The molecular formula is C18H18Cl2N2O3. The molecule has 0 atom stereocenters. The second kappa shape index (κ2) is 9.30. The molecule has 1 amide bonds. The van der Waals surface area contributed by atoms with Crippen LogP contribution in [0.5, 0.6) is 11.5 Å². The number of ether oxygens (including phenoxy) is 1. The minimum Gasteiger partial charge on any atom is -0.507 e. The van der Waals surface area contributed by atoms with E-state index >= 15 is 0 Å². The number of halogens is 2. The number of hydrazone groups is 1. The Bertz CT molecular complexity index is 779. The van der Waals surface area contributed by atoms with Gasteiger partial charge in [0, 0.05) is 17.0 Å². The first-order chi connectivity index (χ1) is 12.0. The zero-order valence-corrected chi connectivity index (χ0v) is 15.1. The summed E-state index contributed by atoms with van der Waals surface area (Å²) in [6, 6.07) is 11.8. The molecule has 2 aromatic carbocycles. The Balaban J connectivity index is 1.75. The fourth-order valence-electron chi connectivity index (χ4n) is 2.05. The minimum atomic E-state index is -0.236. The molecule has 2 rings (SSSR count). The Morgan fingerprint density at radius 1 is 1.24 bits per heavy atom. The van der Waals surface area contributed by atoms with Crippen LogP contribution in [0.25, 0.3) is 0 Å². The first-order valence-electron chi connectivity index (χ1n) is 7.66. The second-order valence-electron chi connectivity index (χ2n) is 5.28. The zero-order chi connectivity index (χ0) is 18.2. The van der Waals surface area contributed by atoms with E-state index < -0.39 is 0 Å². The van der Waals surface area contributed by atoms with Gasteiger partial charge in [-0.15, -0.1) is 0 Å². The minimum absolute atomic E-state index is 0.117. The number of para-hydroxylation sites is 1. The Hall–Kier alpha value is -2.24. The maximum atomic E-state index is 11.8. The number of phenols is 1. The molecule has 5 nitrogen and oxygen atoms in total. The number of hydrogen-bond donors (Lipinski definition) is 2. The molecule has 132 valence electrons. The summed E-state index contributed by atoms with van der Waals surface area (Å²) in [6.07, 6.45) is 0.763. The van der Waals surface area contributed by atoms with Crippen molar-refractivity contribution in [2.75, 3.05) is 6.61 Å². The summed E-state index contributed by atoms with van der Waals surface area (Å²) in [5, 5.41) is 14.7. The molecule has 0 spiro atoms. The summed E-state index contributed by atoms with van der Waals surface area (Å²) in [7, 11) is 0. The van der Waals surface area contributed by atoms with E-state index in [0.717, 1.165) is 0 Å². The van der Waals surface area contributed by atoms with Gasteiger partial charge in [-0.25, -0.2) is 5.43 Å². The SMILES string of the molecule is CC(=NNC(=O)CCCOc1ccc(Cl)cc1Cl)c1ccccc1O. The standard InChI is InChI=1S/C18H18Cl2N2O3/c1-12(14-5-2-3-6-16(14)23)21-22-18(24)7-4-10-25-17-9-8-13(19)11-15(17)20/h2-3,5-6,8-9,11,23H,4,7,10H2,1H3,(H,22,24). The molecule has 0 aliphatic rings. The van der Waals surface area contributed by atoms with Crippen LogP contribution in [-0.2, 0) is 4.79 Å². The van der Waals surface area contributed by atoms with Crippen LogP contribution in [0.1, 0.15) is 25.3 Å². The van der Waals surface area contributed by atoms with Crippen LogP contribution in [0.3, 0.4) is 0 Å². The number of carbonyl (C=O) groups is 1. The molecule has 0 heterocycles. The van der Waals surface area contributed by atoms with Crippen LogP contribution in [0.15, 0.2) is 47.6 Å². The maximum Gasteiger partial charge on any atom is 0.240 e. The smallest absolute Gasteiger partial charge is 0.240 e. The van der Waals surface area contributed by atoms with Crippen LogP contribution < -0.4 is 10.2 Å². The molecule has 0 unspecified atom stereocenters. The lowest BCUT2D eigenvalue weighted by Crippen LogP contribution is -2.19. The van der Waals surface area contributed by atoms with E-state index in [0.29, 0.717) is 40.1 Å². The van der Waals surface area contributed by atoms with Crippen LogP contribution in [0.4, 0.5) is 0 Å². The van der Waals surface area contributed by atoms with E-state index in [2.05, 4.69) is 10.5 Å². The van der Waals surface area contributed by atoms with Crippen LogP contribution in [0.2, 0.25) is 10.0 Å². The Morgan fingerprint density at radius 3 is 2.72 bits per heavy atom. The number of carbonyl (C=O) groups excluding carboxylic acids is 1. The van der Waals surface area contributed by atoms with E-state index in [9.17, 15) is 9.90 Å². The van der Waals surface area contributed by atoms with Crippen molar-refractivity contribution in [1.29, 1.82) is 0 Å². The number of aromatic hydroxyl groups is 1. The van der Waals surface area contributed by atoms with E-state index in [1.807, 2.05) is 0 Å². The predicted octanol–water partition coefficient (Wildman–Crippen LogP) is 4.40. The fraction of sp³-hybridized carbons (Fsp3) is 0.222. The molecule has 0 aromatic heterocycles. The normalized spacial score (nSPS) is 11.2. The Morgan fingerprint density at radius 2 is 2.00 bits per heavy atom. The third-order valence-corrected chi connectivity index (χ3v) is 3.87. The summed E-state index contributed by atoms with van der Waals surface area (Å²) in [6.45, 7) is 2.05. The number of rotatable bonds is 7. The summed E-state index contributed by atoms with van der Waals surface area (Å²) in [5.74, 6) is 0.409. The molecular weight excluding hydrogens is 363 g/mol. The third kappa shape index (κ3) is 5.96. The second-order valence-corrected chi connectivity index (χ2v) is 6.12. The van der Waals surface area contributed by atoms with Gasteiger partial charge in [0.05, 0.1) is 17.3 Å². The molecule has 2 aromatic rings. The molecule has 0 fully saturated rings. The molecule has 0 aliphatic heterocycles. The molecule has 0 bridgehead atoms. The Labute approximate surface area is 156 Å².